The molecule has 0 saturated heterocycles. The fraction of sp³-hybridized carbons (Fsp3) is 0.278. The number of amides is 1. The molecule has 0 aliphatic carbocycles. The van der Waals surface area contributed by atoms with Gasteiger partial charge in [0.05, 0.1) is 12.9 Å². The van der Waals surface area contributed by atoms with E-state index in [1.54, 1.807) is 19.2 Å². The van der Waals surface area contributed by atoms with Crippen LogP contribution in [-0.2, 0) is 11.2 Å². The summed E-state index contributed by atoms with van der Waals surface area (Å²) in [6.45, 7) is 0.738. The maximum absolute atomic E-state index is 12.9. The summed E-state index contributed by atoms with van der Waals surface area (Å²) in [5, 5.41) is 0. The summed E-state index contributed by atoms with van der Waals surface area (Å²) >= 11 is 1.43. The van der Waals surface area contributed by atoms with Gasteiger partial charge in [0.15, 0.2) is 0 Å². The van der Waals surface area contributed by atoms with Crippen LogP contribution in [0.3, 0.4) is 0 Å². The van der Waals surface area contributed by atoms with Gasteiger partial charge in [-0.15, -0.1) is 11.8 Å². The molecule has 1 amide bonds. The molecule has 0 N–H and O–H groups in total. The summed E-state index contributed by atoms with van der Waals surface area (Å²) in [6, 6.07) is 12.1. The van der Waals surface area contributed by atoms with Crippen molar-refractivity contribution < 1.29 is 13.9 Å². The minimum Gasteiger partial charge on any atom is -0.497 e. The number of thioether (sulfide) groups is 1. The van der Waals surface area contributed by atoms with Crippen LogP contribution in [0.15, 0.2) is 47.4 Å². The van der Waals surface area contributed by atoms with Gasteiger partial charge in [-0.05, 0) is 60.9 Å². The second-order valence-corrected chi connectivity index (χ2v) is 6.43. The fourth-order valence-corrected chi connectivity index (χ4v) is 3.49. The standard InChI is InChI=1S/C18H18FNO2S/c1-22-15-6-9-17-13(11-15)3-2-10-20(17)18(21)12-23-16-7-4-14(19)5-8-16/h4-9,11H,2-3,10,12H2,1H3. The Balaban J connectivity index is 1.70. The van der Waals surface area contributed by atoms with Crippen LogP contribution in [0, 0.1) is 5.82 Å². The van der Waals surface area contributed by atoms with Gasteiger partial charge in [0, 0.05) is 17.1 Å². The average molecular weight is 331 g/mol. The Labute approximate surface area is 139 Å². The first-order valence-corrected chi connectivity index (χ1v) is 8.51. The Kier molecular flexibility index (Phi) is 4.86. The molecule has 0 saturated carbocycles. The molecule has 120 valence electrons. The van der Waals surface area contributed by atoms with E-state index < -0.39 is 0 Å². The third-order valence-corrected chi connectivity index (χ3v) is 4.88. The van der Waals surface area contributed by atoms with Crippen LogP contribution in [-0.4, -0.2) is 25.3 Å². The molecule has 0 fully saturated rings. The first-order valence-electron chi connectivity index (χ1n) is 7.53. The van der Waals surface area contributed by atoms with Crippen molar-refractivity contribution in [1.29, 1.82) is 0 Å². The zero-order valence-electron chi connectivity index (χ0n) is 12.9. The number of anilines is 1. The van der Waals surface area contributed by atoms with Crippen molar-refractivity contribution >= 4 is 23.4 Å². The highest BCUT2D eigenvalue weighted by Crippen LogP contribution is 2.31. The van der Waals surface area contributed by atoms with E-state index in [0.29, 0.717) is 5.75 Å². The number of methoxy groups -OCH3 is 1. The van der Waals surface area contributed by atoms with Gasteiger partial charge in [0.2, 0.25) is 5.91 Å². The summed E-state index contributed by atoms with van der Waals surface area (Å²) in [5.74, 6) is 0.973. The number of hydrogen-bond acceptors (Lipinski definition) is 3. The molecule has 0 spiro atoms. The van der Waals surface area contributed by atoms with Gasteiger partial charge < -0.3 is 9.64 Å². The van der Waals surface area contributed by atoms with Crippen LogP contribution in [0.2, 0.25) is 0 Å². The first kappa shape index (κ1) is 15.9. The molecule has 0 radical (unpaired) electrons. The van der Waals surface area contributed by atoms with Gasteiger partial charge in [-0.3, -0.25) is 4.79 Å². The molecular weight excluding hydrogens is 313 g/mol. The number of nitrogens with zero attached hydrogens (tertiary/aromatic N) is 1. The van der Waals surface area contributed by atoms with Crippen LogP contribution in [0.4, 0.5) is 10.1 Å². The van der Waals surface area contributed by atoms with Crippen molar-refractivity contribution in [2.75, 3.05) is 24.3 Å². The Morgan fingerprint density at radius 2 is 2.04 bits per heavy atom. The van der Waals surface area contributed by atoms with Gasteiger partial charge in [-0.2, -0.15) is 0 Å². The number of hydrogen-bond donors (Lipinski definition) is 0. The van der Waals surface area contributed by atoms with E-state index in [2.05, 4.69) is 0 Å². The molecule has 2 aromatic carbocycles. The van der Waals surface area contributed by atoms with Crippen molar-refractivity contribution in [2.45, 2.75) is 17.7 Å². The fourth-order valence-electron chi connectivity index (χ4n) is 2.71. The lowest BCUT2D eigenvalue weighted by Gasteiger charge is -2.29. The second kappa shape index (κ2) is 7.04. The van der Waals surface area contributed by atoms with Crippen LogP contribution >= 0.6 is 11.8 Å². The van der Waals surface area contributed by atoms with Crippen molar-refractivity contribution in [3.05, 3.63) is 53.8 Å². The molecular formula is C18H18FNO2S. The predicted octanol–water partition coefficient (Wildman–Crippen LogP) is 3.91. The summed E-state index contributed by atoms with van der Waals surface area (Å²) in [6.07, 6.45) is 1.91. The van der Waals surface area contributed by atoms with E-state index in [-0.39, 0.29) is 11.7 Å². The minimum atomic E-state index is -0.264. The van der Waals surface area contributed by atoms with Gasteiger partial charge >= 0.3 is 0 Å². The van der Waals surface area contributed by atoms with Crippen LogP contribution in [0.1, 0.15) is 12.0 Å². The number of carbonyl (C=O) groups is 1. The van der Waals surface area contributed by atoms with E-state index in [9.17, 15) is 9.18 Å². The number of benzene rings is 2. The van der Waals surface area contributed by atoms with Crippen LogP contribution in [0.5, 0.6) is 5.75 Å². The Hall–Kier alpha value is -2.01. The van der Waals surface area contributed by atoms with Crippen molar-refractivity contribution in [3.8, 4) is 5.75 Å². The number of halogens is 1. The number of ether oxygens (including phenoxy) is 1. The SMILES string of the molecule is COc1ccc2c(c1)CCCN2C(=O)CSc1ccc(F)cc1. The smallest absolute Gasteiger partial charge is 0.237 e. The van der Waals surface area contributed by atoms with Gasteiger partial charge in [0.25, 0.3) is 0 Å². The summed E-state index contributed by atoms with van der Waals surface area (Å²) in [4.78, 5) is 15.3. The zero-order valence-corrected chi connectivity index (χ0v) is 13.7. The van der Waals surface area contributed by atoms with Crippen molar-refractivity contribution in [2.24, 2.45) is 0 Å². The van der Waals surface area contributed by atoms with Crippen molar-refractivity contribution in [1.82, 2.24) is 0 Å². The molecule has 23 heavy (non-hydrogen) atoms. The van der Waals surface area contributed by atoms with Crippen molar-refractivity contribution in [3.63, 3.8) is 0 Å². The number of aryl methyl sites for hydroxylation is 1. The molecule has 3 rings (SSSR count). The molecule has 1 aliphatic rings. The molecule has 3 nitrogen and oxygen atoms in total. The monoisotopic (exact) mass is 331 g/mol. The molecule has 0 aromatic heterocycles. The highest BCUT2D eigenvalue weighted by molar-refractivity contribution is 8.00. The minimum absolute atomic E-state index is 0.0745. The first-order chi connectivity index (χ1) is 11.2. The maximum Gasteiger partial charge on any atom is 0.237 e. The maximum atomic E-state index is 12.9. The van der Waals surface area contributed by atoms with E-state index in [1.165, 1.54) is 23.9 Å². The Morgan fingerprint density at radius 3 is 2.78 bits per heavy atom. The molecule has 0 atom stereocenters. The lowest BCUT2D eigenvalue weighted by molar-refractivity contribution is -0.116. The molecule has 5 heteroatoms. The largest absolute Gasteiger partial charge is 0.497 e. The van der Waals surface area contributed by atoms with E-state index >= 15 is 0 Å². The third-order valence-electron chi connectivity index (χ3n) is 3.88. The topological polar surface area (TPSA) is 29.5 Å². The highest BCUT2D eigenvalue weighted by Gasteiger charge is 2.22. The van der Waals surface area contributed by atoms with E-state index in [0.717, 1.165) is 41.3 Å². The number of carbonyl (C=O) groups excluding carboxylic acids is 1. The van der Waals surface area contributed by atoms with Crippen LogP contribution in [0.25, 0.3) is 0 Å². The second-order valence-electron chi connectivity index (χ2n) is 5.39. The average Bonchev–Trinajstić information content (AvgIpc) is 2.60. The van der Waals surface area contributed by atoms with E-state index in [1.807, 2.05) is 23.1 Å². The lowest BCUT2D eigenvalue weighted by Crippen LogP contribution is -2.36. The highest BCUT2D eigenvalue weighted by atomic mass is 32.2. The summed E-state index contributed by atoms with van der Waals surface area (Å²) in [5.41, 5.74) is 2.12. The summed E-state index contributed by atoms with van der Waals surface area (Å²) < 4.78 is 18.2. The molecule has 2 aromatic rings. The van der Waals surface area contributed by atoms with Gasteiger partial charge in [-0.25, -0.2) is 4.39 Å². The quantitative estimate of drug-likeness (QED) is 0.796. The molecule has 0 unspecified atom stereocenters. The van der Waals surface area contributed by atoms with Crippen LogP contribution < -0.4 is 9.64 Å². The molecule has 1 heterocycles. The Morgan fingerprint density at radius 1 is 1.26 bits per heavy atom. The number of fused-ring (bicyclic) bond motifs is 1. The predicted molar refractivity (Wildman–Crippen MR) is 90.8 cm³/mol. The summed E-state index contributed by atoms with van der Waals surface area (Å²) in [7, 11) is 1.65. The normalized spacial score (nSPS) is 13.6. The van der Waals surface area contributed by atoms with Gasteiger partial charge in [-0.1, -0.05) is 0 Å². The van der Waals surface area contributed by atoms with Gasteiger partial charge in [0.1, 0.15) is 11.6 Å². The van der Waals surface area contributed by atoms with E-state index in [4.69, 9.17) is 4.74 Å². The lowest BCUT2D eigenvalue weighted by atomic mass is 10.0. The Bertz CT molecular complexity index is 703. The third kappa shape index (κ3) is 3.67. The molecule has 1 aliphatic heterocycles. The zero-order chi connectivity index (χ0) is 16.2. The molecule has 0 bridgehead atoms. The number of rotatable bonds is 4.